The van der Waals surface area contributed by atoms with Gasteiger partial charge in [-0.3, -0.25) is 14.3 Å². The van der Waals surface area contributed by atoms with Gasteiger partial charge in [-0.15, -0.1) is 0 Å². The van der Waals surface area contributed by atoms with E-state index in [4.69, 9.17) is 9.84 Å². The smallest absolute Gasteiger partial charge is 0.325 e. The van der Waals surface area contributed by atoms with Crippen molar-refractivity contribution in [2.45, 2.75) is 25.3 Å². The molecule has 0 aliphatic carbocycles. The summed E-state index contributed by atoms with van der Waals surface area (Å²) in [6, 6.07) is 0. The second kappa shape index (κ2) is 7.18. The highest BCUT2D eigenvalue weighted by molar-refractivity contribution is 7.89. The third-order valence-electron chi connectivity index (χ3n) is 2.51. The summed E-state index contributed by atoms with van der Waals surface area (Å²) in [7, 11) is -3.92. The predicted octanol–water partition coefficient (Wildman–Crippen LogP) is -0.459. The molecule has 0 spiro atoms. The fourth-order valence-electron chi connectivity index (χ4n) is 1.57. The summed E-state index contributed by atoms with van der Waals surface area (Å²) in [5.74, 6) is -1.79. The van der Waals surface area contributed by atoms with E-state index in [0.717, 1.165) is 21.4 Å². The number of carboxylic acids is 1. The van der Waals surface area contributed by atoms with Gasteiger partial charge in [0.2, 0.25) is 10.0 Å². The van der Waals surface area contributed by atoms with Gasteiger partial charge in [0.15, 0.2) is 0 Å². The summed E-state index contributed by atoms with van der Waals surface area (Å²) in [4.78, 5) is 21.8. The van der Waals surface area contributed by atoms with Gasteiger partial charge in [-0.25, -0.2) is 8.42 Å². The molecule has 0 unspecified atom stereocenters. The largest absolute Gasteiger partial charge is 0.480 e. The molecular formula is C11H17N3O6S. The Morgan fingerprint density at radius 2 is 2.10 bits per heavy atom. The molecule has 1 N–H and O–H groups in total. The molecular weight excluding hydrogens is 302 g/mol. The Bertz CT molecular complexity index is 609. The second-order valence-electron chi connectivity index (χ2n) is 4.00. The standard InChI is InChI=1S/C11H17N3O6S/c1-3-14(8-11(17)20-4-2)21(18,19)9-5-12-13(6-9)7-10(15)16/h5-6H,3-4,7-8H2,1-2H3,(H,15,16). The van der Waals surface area contributed by atoms with Crippen LogP contribution in [-0.2, 0) is 30.9 Å². The molecule has 0 aliphatic heterocycles. The quantitative estimate of drug-likeness (QED) is 0.644. The Morgan fingerprint density at radius 3 is 2.62 bits per heavy atom. The van der Waals surface area contributed by atoms with Gasteiger partial charge in [-0.1, -0.05) is 6.92 Å². The molecule has 1 rings (SSSR count). The van der Waals surface area contributed by atoms with E-state index in [0.29, 0.717) is 0 Å². The highest BCUT2D eigenvalue weighted by Crippen LogP contribution is 2.14. The van der Waals surface area contributed by atoms with Crippen molar-refractivity contribution in [2.75, 3.05) is 19.7 Å². The molecule has 0 aliphatic rings. The molecule has 0 saturated heterocycles. The Morgan fingerprint density at radius 1 is 1.43 bits per heavy atom. The number of nitrogens with zero attached hydrogens (tertiary/aromatic N) is 3. The number of carbonyl (C=O) groups excluding carboxylic acids is 1. The van der Waals surface area contributed by atoms with Crippen molar-refractivity contribution in [3.63, 3.8) is 0 Å². The molecule has 1 heterocycles. The van der Waals surface area contributed by atoms with E-state index in [1.165, 1.54) is 0 Å². The number of rotatable bonds is 8. The molecule has 9 nitrogen and oxygen atoms in total. The fraction of sp³-hybridized carbons (Fsp3) is 0.545. The minimum atomic E-state index is -3.92. The summed E-state index contributed by atoms with van der Waals surface area (Å²) in [5, 5.41) is 12.3. The zero-order chi connectivity index (χ0) is 16.0. The summed E-state index contributed by atoms with van der Waals surface area (Å²) >= 11 is 0. The summed E-state index contributed by atoms with van der Waals surface area (Å²) in [6.07, 6.45) is 2.16. The van der Waals surface area contributed by atoms with Crippen LogP contribution in [0.1, 0.15) is 13.8 Å². The third kappa shape index (κ3) is 4.53. The molecule has 0 atom stereocenters. The minimum absolute atomic E-state index is 0.0747. The van der Waals surface area contributed by atoms with Crippen LogP contribution in [0, 0.1) is 0 Å². The van der Waals surface area contributed by atoms with E-state index in [-0.39, 0.29) is 18.0 Å². The number of hydrogen-bond acceptors (Lipinski definition) is 6. The van der Waals surface area contributed by atoms with Crippen molar-refractivity contribution in [2.24, 2.45) is 0 Å². The molecule has 0 aromatic carbocycles. The summed E-state index contributed by atoms with van der Waals surface area (Å²) in [5.41, 5.74) is 0. The summed E-state index contributed by atoms with van der Waals surface area (Å²) < 4.78 is 31.3. The molecule has 0 radical (unpaired) electrons. The average molecular weight is 319 g/mol. The number of aromatic nitrogens is 2. The normalized spacial score (nSPS) is 11.6. The van der Waals surface area contributed by atoms with Crippen molar-refractivity contribution in [1.82, 2.24) is 14.1 Å². The first kappa shape index (κ1) is 17.1. The lowest BCUT2D eigenvalue weighted by atomic mass is 10.6. The van der Waals surface area contributed by atoms with E-state index < -0.39 is 35.1 Å². The lowest BCUT2D eigenvalue weighted by Crippen LogP contribution is -2.36. The van der Waals surface area contributed by atoms with Crippen LogP contribution in [0.5, 0.6) is 0 Å². The number of aliphatic carboxylic acids is 1. The number of carbonyl (C=O) groups is 2. The van der Waals surface area contributed by atoms with E-state index >= 15 is 0 Å². The van der Waals surface area contributed by atoms with Crippen LogP contribution in [-0.4, -0.2) is 59.2 Å². The topological polar surface area (TPSA) is 119 Å². The second-order valence-corrected chi connectivity index (χ2v) is 5.94. The van der Waals surface area contributed by atoms with Gasteiger partial charge in [0, 0.05) is 12.7 Å². The molecule has 0 saturated carbocycles. The van der Waals surface area contributed by atoms with Crippen LogP contribution in [0.15, 0.2) is 17.3 Å². The molecule has 118 valence electrons. The molecule has 0 bridgehead atoms. The van der Waals surface area contributed by atoms with Crippen molar-refractivity contribution in [1.29, 1.82) is 0 Å². The third-order valence-corrected chi connectivity index (χ3v) is 4.38. The Balaban J connectivity index is 2.93. The molecule has 10 heteroatoms. The number of ether oxygens (including phenoxy) is 1. The maximum absolute atomic E-state index is 12.3. The zero-order valence-corrected chi connectivity index (χ0v) is 12.5. The molecule has 0 fully saturated rings. The molecule has 21 heavy (non-hydrogen) atoms. The molecule has 1 aromatic heterocycles. The van der Waals surface area contributed by atoms with Crippen LogP contribution in [0.3, 0.4) is 0 Å². The highest BCUT2D eigenvalue weighted by atomic mass is 32.2. The molecule has 1 aromatic rings. The van der Waals surface area contributed by atoms with E-state index in [1.54, 1.807) is 13.8 Å². The van der Waals surface area contributed by atoms with Crippen LogP contribution < -0.4 is 0 Å². The maximum Gasteiger partial charge on any atom is 0.325 e. The first-order valence-electron chi connectivity index (χ1n) is 6.21. The summed E-state index contributed by atoms with van der Waals surface area (Å²) in [6.45, 7) is 2.59. The van der Waals surface area contributed by atoms with Crippen LogP contribution in [0.2, 0.25) is 0 Å². The predicted molar refractivity (Wildman–Crippen MR) is 70.9 cm³/mol. The van der Waals surface area contributed by atoms with E-state index in [1.807, 2.05) is 0 Å². The van der Waals surface area contributed by atoms with Gasteiger partial charge in [0.1, 0.15) is 18.0 Å². The monoisotopic (exact) mass is 319 g/mol. The average Bonchev–Trinajstić information content (AvgIpc) is 2.84. The van der Waals surface area contributed by atoms with Gasteiger partial charge in [-0.05, 0) is 6.92 Å². The molecule has 0 amide bonds. The number of hydrogen-bond donors (Lipinski definition) is 1. The van der Waals surface area contributed by atoms with Crippen LogP contribution in [0.25, 0.3) is 0 Å². The van der Waals surface area contributed by atoms with Crippen molar-refractivity contribution in [3.8, 4) is 0 Å². The van der Waals surface area contributed by atoms with Gasteiger partial charge in [0.05, 0.1) is 12.8 Å². The lowest BCUT2D eigenvalue weighted by molar-refractivity contribution is -0.143. The van der Waals surface area contributed by atoms with Crippen molar-refractivity contribution < 1.29 is 27.9 Å². The first-order chi connectivity index (χ1) is 9.81. The van der Waals surface area contributed by atoms with Crippen molar-refractivity contribution in [3.05, 3.63) is 12.4 Å². The van der Waals surface area contributed by atoms with Crippen molar-refractivity contribution >= 4 is 22.0 Å². The lowest BCUT2D eigenvalue weighted by Gasteiger charge is -2.18. The number of esters is 1. The van der Waals surface area contributed by atoms with Crippen LogP contribution in [0.4, 0.5) is 0 Å². The number of sulfonamides is 1. The first-order valence-corrected chi connectivity index (χ1v) is 7.65. The van der Waals surface area contributed by atoms with E-state index in [9.17, 15) is 18.0 Å². The van der Waals surface area contributed by atoms with Gasteiger partial charge in [0.25, 0.3) is 0 Å². The SMILES string of the molecule is CCOC(=O)CN(CC)S(=O)(=O)c1cnn(CC(=O)O)c1. The zero-order valence-electron chi connectivity index (χ0n) is 11.7. The number of carboxylic acid groups (broad SMARTS) is 1. The maximum atomic E-state index is 12.3. The van der Waals surface area contributed by atoms with Gasteiger partial charge < -0.3 is 9.84 Å². The number of likely N-dealkylation sites (N-methyl/N-ethyl adjacent to an activating group) is 1. The Hall–Kier alpha value is -1.94. The minimum Gasteiger partial charge on any atom is -0.480 e. The van der Waals surface area contributed by atoms with Gasteiger partial charge in [-0.2, -0.15) is 9.40 Å². The Kier molecular flexibility index (Phi) is 5.85. The fourth-order valence-corrected chi connectivity index (χ4v) is 2.92. The van der Waals surface area contributed by atoms with E-state index in [2.05, 4.69) is 5.10 Å². The Labute approximate surface area is 122 Å². The van der Waals surface area contributed by atoms with Crippen LogP contribution >= 0.6 is 0 Å². The highest BCUT2D eigenvalue weighted by Gasteiger charge is 2.27. The van der Waals surface area contributed by atoms with Gasteiger partial charge >= 0.3 is 11.9 Å².